The summed E-state index contributed by atoms with van der Waals surface area (Å²) in [5.41, 5.74) is 16.3. The van der Waals surface area contributed by atoms with Crippen LogP contribution in [0.25, 0.3) is 153 Å². The van der Waals surface area contributed by atoms with Crippen molar-refractivity contribution in [2.45, 2.75) is 37.5 Å². The van der Waals surface area contributed by atoms with Gasteiger partial charge in [0, 0.05) is 0 Å². The van der Waals surface area contributed by atoms with Crippen molar-refractivity contribution in [2.24, 2.45) is 0 Å². The third-order valence-corrected chi connectivity index (χ3v) is 17.8. The predicted octanol–water partition coefficient (Wildman–Crippen LogP) is 20.5. The van der Waals surface area contributed by atoms with Crippen LogP contribution < -0.4 is 0 Å². The summed E-state index contributed by atoms with van der Waals surface area (Å²) in [6.45, 7) is 0. The highest BCUT2D eigenvalue weighted by atomic mass is 14.4. The van der Waals surface area contributed by atoms with E-state index >= 15 is 0 Å². The summed E-state index contributed by atoms with van der Waals surface area (Å²) in [7, 11) is 0. The van der Waals surface area contributed by atoms with Gasteiger partial charge in [0.05, 0.1) is 0 Å². The van der Waals surface area contributed by atoms with Crippen LogP contribution in [0.1, 0.15) is 48.6 Å². The topological polar surface area (TPSA) is 0 Å². The maximum Gasteiger partial charge on any atom is -0.00865 e. The predicted molar refractivity (Wildman–Crippen MR) is 309 cm³/mol. The molecule has 3 aliphatic carbocycles. The van der Waals surface area contributed by atoms with E-state index in [9.17, 15) is 0 Å². The Bertz CT molecular complexity index is 4760. The molecule has 0 amide bonds. The van der Waals surface area contributed by atoms with Crippen LogP contribution in [0.5, 0.6) is 0 Å². The van der Waals surface area contributed by atoms with Crippen molar-refractivity contribution in [3.63, 3.8) is 0 Å². The average molecular weight is 911 g/mol. The molecule has 0 nitrogen and oxygen atoms in total. The molecule has 0 radical (unpaired) electrons. The van der Waals surface area contributed by atoms with Crippen LogP contribution in [0.15, 0.2) is 218 Å². The Kier molecular flexibility index (Phi) is 7.89. The Balaban J connectivity index is 1.12. The van der Waals surface area contributed by atoms with Gasteiger partial charge in [-0.25, -0.2) is 0 Å². The first-order valence-electron chi connectivity index (χ1n) is 26.1. The Morgan fingerprint density at radius 1 is 0.181 bits per heavy atom. The fourth-order valence-corrected chi connectivity index (χ4v) is 14.7. The van der Waals surface area contributed by atoms with Crippen molar-refractivity contribution < 1.29 is 0 Å². The molecule has 2 atom stereocenters. The monoisotopic (exact) mass is 910 g/mol. The molecule has 14 aromatic carbocycles. The summed E-state index contributed by atoms with van der Waals surface area (Å²) in [5, 5.41) is 23.4. The van der Waals surface area contributed by atoms with Crippen LogP contribution in [0.2, 0.25) is 0 Å². The van der Waals surface area contributed by atoms with Crippen LogP contribution in [-0.4, -0.2) is 0 Å². The van der Waals surface area contributed by atoms with Crippen molar-refractivity contribution in [1.29, 1.82) is 0 Å². The Morgan fingerprint density at radius 2 is 0.417 bits per heavy atom. The number of hydrogen-bond acceptors (Lipinski definition) is 0. The highest BCUT2D eigenvalue weighted by Crippen LogP contribution is 2.59. The van der Waals surface area contributed by atoms with Crippen LogP contribution in [0, 0.1) is 0 Å². The van der Waals surface area contributed by atoms with Crippen LogP contribution in [0.3, 0.4) is 0 Å². The van der Waals surface area contributed by atoms with E-state index in [-0.39, 0.29) is 0 Å². The van der Waals surface area contributed by atoms with Gasteiger partial charge in [0.2, 0.25) is 0 Å². The zero-order valence-corrected chi connectivity index (χ0v) is 39.8. The lowest BCUT2D eigenvalue weighted by Crippen LogP contribution is -2.21. The minimum Gasteiger partial charge on any atom is -0.0619 e. The minimum absolute atomic E-state index is 0.482. The van der Waals surface area contributed by atoms with Crippen molar-refractivity contribution in [1.82, 2.24) is 0 Å². The molecule has 0 N–H and O–H groups in total. The second kappa shape index (κ2) is 14.5. The maximum atomic E-state index is 2.71. The quantitative estimate of drug-likeness (QED) is 0.133. The molecule has 72 heavy (non-hydrogen) atoms. The van der Waals surface area contributed by atoms with E-state index in [0.29, 0.717) is 11.8 Å². The van der Waals surface area contributed by atoms with Gasteiger partial charge in [0.1, 0.15) is 0 Å². The van der Waals surface area contributed by atoms with Gasteiger partial charge in [-0.1, -0.05) is 183 Å². The highest BCUT2D eigenvalue weighted by Gasteiger charge is 2.37. The van der Waals surface area contributed by atoms with Gasteiger partial charge >= 0.3 is 0 Å². The molecule has 0 spiro atoms. The lowest BCUT2D eigenvalue weighted by molar-refractivity contribution is 0.383. The molecule has 1 fully saturated rings. The van der Waals surface area contributed by atoms with E-state index in [1.54, 1.807) is 0 Å². The highest BCUT2D eigenvalue weighted by molar-refractivity contribution is 6.31. The molecule has 0 saturated heterocycles. The lowest BCUT2D eigenvalue weighted by atomic mass is 9.64. The summed E-state index contributed by atoms with van der Waals surface area (Å²) in [6.07, 6.45) is 5.04. The largest absolute Gasteiger partial charge is 0.0619 e. The maximum absolute atomic E-state index is 2.71. The number of rotatable bonds is 0. The van der Waals surface area contributed by atoms with Crippen LogP contribution >= 0.6 is 0 Å². The first-order chi connectivity index (χ1) is 35.7. The van der Waals surface area contributed by atoms with E-state index in [0.717, 1.165) is 0 Å². The number of hydrogen-bond donors (Lipinski definition) is 0. The molecular weight excluding hydrogens is 865 g/mol. The van der Waals surface area contributed by atoms with E-state index < -0.39 is 0 Å². The van der Waals surface area contributed by atoms with Crippen LogP contribution in [-0.2, 0) is 0 Å². The van der Waals surface area contributed by atoms with Gasteiger partial charge in [-0.3, -0.25) is 0 Å². The zero-order chi connectivity index (χ0) is 46.8. The molecule has 0 bridgehead atoms. The van der Waals surface area contributed by atoms with Crippen molar-refractivity contribution in [3.8, 4) is 55.6 Å². The summed E-state index contributed by atoms with van der Waals surface area (Å²) < 4.78 is 0. The molecule has 3 aliphatic rings. The molecule has 17 rings (SSSR count). The van der Waals surface area contributed by atoms with Crippen molar-refractivity contribution in [2.75, 3.05) is 0 Å². The number of fused-ring (bicyclic) bond motifs is 32. The third kappa shape index (κ3) is 5.21. The van der Waals surface area contributed by atoms with E-state index in [4.69, 9.17) is 0 Å². The van der Waals surface area contributed by atoms with Gasteiger partial charge in [0.25, 0.3) is 0 Å². The standard InChI is InChI=1S/C72H46/c1-9-25-49-41(17-1)42-18-2-10-26-50(42)58-34-66-65(33-57(49)58)67-35-59-51-27-11-3-19-43(51)44-20-5-13-29-53(44)61(59)37-69(67)71-39-63-55-31-15-7-23-47(55)48-24-8-16-32-56(48)64(63)40-72(71)70-38-62-54-30-14-6-22-46(54)45-21-4-12-28-52(45)60(62)36-68(66)70/h1-7,9-15,17-23,25-31,33-40,48,56H,8,16,24,32H2. The second-order valence-corrected chi connectivity index (χ2v) is 21.2. The Morgan fingerprint density at radius 3 is 0.736 bits per heavy atom. The van der Waals surface area contributed by atoms with Crippen molar-refractivity contribution in [3.05, 3.63) is 230 Å². The molecular formula is C72H46. The first-order valence-corrected chi connectivity index (χ1v) is 26.1. The van der Waals surface area contributed by atoms with Gasteiger partial charge in [-0.15, -0.1) is 0 Å². The second-order valence-electron chi connectivity index (χ2n) is 21.2. The fraction of sp³-hybridized carbons (Fsp3) is 0.0833. The van der Waals surface area contributed by atoms with Gasteiger partial charge in [0.15, 0.2) is 0 Å². The molecule has 2 unspecified atom stereocenters. The molecule has 14 aromatic rings. The molecule has 0 heteroatoms. The third-order valence-electron chi connectivity index (χ3n) is 17.8. The molecule has 0 aromatic heterocycles. The number of benzene rings is 14. The molecule has 334 valence electrons. The Hall–Kier alpha value is -8.58. The first kappa shape index (κ1) is 39.2. The smallest absolute Gasteiger partial charge is 0.00865 e. The van der Waals surface area contributed by atoms with Gasteiger partial charge < -0.3 is 0 Å². The molecule has 0 aliphatic heterocycles. The van der Waals surface area contributed by atoms with Gasteiger partial charge in [-0.05, 0) is 237 Å². The van der Waals surface area contributed by atoms with E-state index in [2.05, 4.69) is 218 Å². The summed E-state index contributed by atoms with van der Waals surface area (Å²) >= 11 is 0. The lowest BCUT2D eigenvalue weighted by Gasteiger charge is -2.40. The molecule has 0 heterocycles. The molecule has 1 saturated carbocycles. The zero-order valence-electron chi connectivity index (χ0n) is 39.8. The normalized spacial score (nSPS) is 15.8. The SMILES string of the molecule is c1ccc2c(c1)-c1cc3c(cc1C1CCCCC21)-c1cc2c4ccccc4c4ccccc4c2cc1-c1cc2c4ccccc4c4ccccc4c2cc1-c1cc2c4ccccc4c4ccccc4c2cc1-3. The minimum atomic E-state index is 0.482. The average Bonchev–Trinajstić information content (AvgIpc) is 3.46. The summed E-state index contributed by atoms with van der Waals surface area (Å²) in [4.78, 5) is 0. The fourth-order valence-electron chi connectivity index (χ4n) is 14.7. The van der Waals surface area contributed by atoms with E-state index in [1.807, 2.05) is 0 Å². The van der Waals surface area contributed by atoms with E-state index in [1.165, 1.54) is 189 Å². The van der Waals surface area contributed by atoms with Crippen LogP contribution in [0.4, 0.5) is 0 Å². The summed E-state index contributed by atoms with van der Waals surface area (Å²) in [5.74, 6) is 1.02. The summed E-state index contributed by atoms with van der Waals surface area (Å²) in [6, 6.07) is 84.9. The van der Waals surface area contributed by atoms with Crippen molar-refractivity contribution >= 4 is 97.0 Å². The Labute approximate surface area is 417 Å². The van der Waals surface area contributed by atoms with Gasteiger partial charge in [-0.2, -0.15) is 0 Å².